The van der Waals surface area contributed by atoms with E-state index in [1.165, 1.54) is 6.07 Å². The fourth-order valence-electron chi connectivity index (χ4n) is 3.29. The molecule has 3 N–H and O–H groups in total. The van der Waals surface area contributed by atoms with Gasteiger partial charge in [0.2, 0.25) is 5.82 Å². The van der Waals surface area contributed by atoms with Crippen LogP contribution in [-0.4, -0.2) is 34.3 Å². The maximum atomic E-state index is 11.4. The van der Waals surface area contributed by atoms with Crippen molar-refractivity contribution in [1.29, 1.82) is 0 Å². The molecule has 1 saturated heterocycles. The van der Waals surface area contributed by atoms with Crippen LogP contribution in [0.5, 0.6) is 0 Å². The molecule has 0 spiro atoms. The highest BCUT2D eigenvalue weighted by atomic mass is 16.6. The lowest BCUT2D eigenvalue weighted by Crippen LogP contribution is -2.59. The van der Waals surface area contributed by atoms with E-state index < -0.39 is 16.6 Å². The number of carbonyl (C=O) groups is 1. The molecule has 2 heterocycles. The number of benzene rings is 2. The summed E-state index contributed by atoms with van der Waals surface area (Å²) in [6, 6.07) is 19.4. The molecule has 0 unspecified atom stereocenters. The topological polar surface area (TPSA) is 127 Å². The standard InChI is InChI=1S/C21H18N4O5/c26-20(27)24-21(12-30-13-21)15-6-8-16(9-7-15)22-19-18(25(28)29)11-10-17(23-19)14-4-2-1-3-5-14/h1-11,24H,12-13H2,(H,22,23)(H,26,27). The molecule has 1 amide bonds. The maximum Gasteiger partial charge on any atom is 0.405 e. The number of anilines is 2. The molecule has 0 atom stereocenters. The van der Waals surface area contributed by atoms with Gasteiger partial charge < -0.3 is 20.5 Å². The third-order valence-electron chi connectivity index (χ3n) is 4.88. The van der Waals surface area contributed by atoms with Crippen LogP contribution in [0.3, 0.4) is 0 Å². The van der Waals surface area contributed by atoms with E-state index in [1.54, 1.807) is 30.3 Å². The number of nitro groups is 1. The number of nitrogens with zero attached hydrogens (tertiary/aromatic N) is 2. The summed E-state index contributed by atoms with van der Waals surface area (Å²) < 4.78 is 5.19. The van der Waals surface area contributed by atoms with Crippen molar-refractivity contribution in [2.24, 2.45) is 0 Å². The van der Waals surface area contributed by atoms with E-state index in [0.29, 0.717) is 11.4 Å². The number of nitrogens with one attached hydrogen (secondary N) is 2. The Hall–Kier alpha value is -3.98. The number of carboxylic acid groups (broad SMARTS) is 1. The van der Waals surface area contributed by atoms with Crippen LogP contribution >= 0.6 is 0 Å². The molecular weight excluding hydrogens is 388 g/mol. The molecule has 3 aromatic rings. The third kappa shape index (κ3) is 3.78. The Morgan fingerprint density at radius 2 is 1.77 bits per heavy atom. The van der Waals surface area contributed by atoms with Crippen molar-refractivity contribution in [3.05, 3.63) is 82.4 Å². The first kappa shape index (κ1) is 19.3. The number of ether oxygens (including phenoxy) is 1. The van der Waals surface area contributed by atoms with Crippen molar-refractivity contribution in [1.82, 2.24) is 10.3 Å². The van der Waals surface area contributed by atoms with Gasteiger partial charge in [-0.2, -0.15) is 0 Å². The summed E-state index contributed by atoms with van der Waals surface area (Å²) in [5, 5.41) is 26.0. The lowest BCUT2D eigenvalue weighted by molar-refractivity contribution is -0.384. The monoisotopic (exact) mass is 406 g/mol. The summed E-state index contributed by atoms with van der Waals surface area (Å²) >= 11 is 0. The summed E-state index contributed by atoms with van der Waals surface area (Å²) in [6.45, 7) is 0.496. The Morgan fingerprint density at radius 3 is 2.33 bits per heavy atom. The smallest absolute Gasteiger partial charge is 0.405 e. The number of hydrogen-bond donors (Lipinski definition) is 3. The van der Waals surface area contributed by atoms with Gasteiger partial charge in [-0.3, -0.25) is 10.1 Å². The minimum Gasteiger partial charge on any atom is -0.465 e. The van der Waals surface area contributed by atoms with Crippen LogP contribution in [0.25, 0.3) is 11.3 Å². The van der Waals surface area contributed by atoms with Crippen molar-refractivity contribution >= 4 is 23.3 Å². The number of hydrogen-bond acceptors (Lipinski definition) is 6. The van der Waals surface area contributed by atoms with Gasteiger partial charge in [0.15, 0.2) is 0 Å². The van der Waals surface area contributed by atoms with Crippen LogP contribution in [0, 0.1) is 10.1 Å². The summed E-state index contributed by atoms with van der Waals surface area (Å²) in [6.07, 6.45) is -1.13. The second-order valence-corrected chi connectivity index (χ2v) is 6.89. The zero-order valence-corrected chi connectivity index (χ0v) is 15.7. The molecule has 30 heavy (non-hydrogen) atoms. The normalized spacial score (nSPS) is 14.4. The summed E-state index contributed by atoms with van der Waals surface area (Å²) in [4.78, 5) is 26.5. The first-order chi connectivity index (χ1) is 14.5. The molecule has 152 valence electrons. The first-order valence-corrected chi connectivity index (χ1v) is 9.14. The van der Waals surface area contributed by atoms with Crippen LogP contribution in [-0.2, 0) is 10.3 Å². The Balaban J connectivity index is 1.62. The van der Waals surface area contributed by atoms with Crippen molar-refractivity contribution < 1.29 is 19.6 Å². The van der Waals surface area contributed by atoms with E-state index in [0.717, 1.165) is 11.1 Å². The van der Waals surface area contributed by atoms with Gasteiger partial charge in [-0.25, -0.2) is 9.78 Å². The van der Waals surface area contributed by atoms with Crippen LogP contribution in [0.15, 0.2) is 66.7 Å². The summed E-state index contributed by atoms with van der Waals surface area (Å²) in [5.74, 6) is 0.124. The molecule has 0 bridgehead atoms. The molecule has 1 fully saturated rings. The molecule has 9 heteroatoms. The number of pyridine rings is 1. The SMILES string of the molecule is O=C(O)NC1(c2ccc(Nc3nc(-c4ccccc4)ccc3[N+](=O)[O-])cc2)COC1. The molecule has 9 nitrogen and oxygen atoms in total. The van der Waals surface area contributed by atoms with Crippen LogP contribution in [0.4, 0.5) is 22.0 Å². The average Bonchev–Trinajstić information content (AvgIpc) is 2.72. The largest absolute Gasteiger partial charge is 0.465 e. The predicted molar refractivity (Wildman–Crippen MR) is 110 cm³/mol. The van der Waals surface area contributed by atoms with E-state index in [-0.39, 0.29) is 24.7 Å². The quantitative estimate of drug-likeness (QED) is 0.419. The van der Waals surface area contributed by atoms with Gasteiger partial charge in [0.1, 0.15) is 5.54 Å². The van der Waals surface area contributed by atoms with Gasteiger partial charge >= 0.3 is 11.8 Å². The van der Waals surface area contributed by atoms with Gasteiger partial charge in [-0.15, -0.1) is 0 Å². The van der Waals surface area contributed by atoms with E-state index in [4.69, 9.17) is 9.84 Å². The highest BCUT2D eigenvalue weighted by molar-refractivity contribution is 5.71. The lowest BCUT2D eigenvalue weighted by Gasteiger charge is -2.41. The minimum atomic E-state index is -1.13. The summed E-state index contributed by atoms with van der Waals surface area (Å²) in [5.41, 5.74) is 1.87. The van der Waals surface area contributed by atoms with Gasteiger partial charge in [0.05, 0.1) is 23.8 Å². The number of aromatic nitrogens is 1. The van der Waals surface area contributed by atoms with Crippen LogP contribution < -0.4 is 10.6 Å². The van der Waals surface area contributed by atoms with E-state index in [9.17, 15) is 14.9 Å². The molecule has 2 aromatic carbocycles. The zero-order valence-electron chi connectivity index (χ0n) is 15.7. The highest BCUT2D eigenvalue weighted by Gasteiger charge is 2.41. The third-order valence-corrected chi connectivity index (χ3v) is 4.88. The molecule has 1 aliphatic heterocycles. The van der Waals surface area contributed by atoms with Crippen molar-refractivity contribution in [3.8, 4) is 11.3 Å². The minimum absolute atomic E-state index is 0.124. The van der Waals surface area contributed by atoms with Gasteiger partial charge in [0.25, 0.3) is 0 Å². The molecular formula is C21H18N4O5. The van der Waals surface area contributed by atoms with Gasteiger partial charge in [-0.1, -0.05) is 42.5 Å². The van der Waals surface area contributed by atoms with Crippen molar-refractivity contribution in [3.63, 3.8) is 0 Å². The number of rotatable bonds is 6. The molecule has 0 radical (unpaired) electrons. The van der Waals surface area contributed by atoms with E-state index in [1.807, 2.05) is 30.3 Å². The molecule has 1 aliphatic rings. The van der Waals surface area contributed by atoms with Crippen molar-refractivity contribution in [2.45, 2.75) is 5.54 Å². The van der Waals surface area contributed by atoms with Crippen LogP contribution in [0.1, 0.15) is 5.56 Å². The van der Waals surface area contributed by atoms with Gasteiger partial charge in [0, 0.05) is 17.3 Å². The van der Waals surface area contributed by atoms with Gasteiger partial charge in [-0.05, 0) is 23.8 Å². The predicted octanol–water partition coefficient (Wildman–Crippen LogP) is 3.89. The molecule has 0 saturated carbocycles. The fourth-order valence-corrected chi connectivity index (χ4v) is 3.29. The highest BCUT2D eigenvalue weighted by Crippen LogP contribution is 2.32. The lowest BCUT2D eigenvalue weighted by atomic mass is 9.88. The first-order valence-electron chi connectivity index (χ1n) is 9.14. The second kappa shape index (κ2) is 7.80. The Bertz CT molecular complexity index is 1080. The maximum absolute atomic E-state index is 11.4. The Labute approximate surface area is 171 Å². The van der Waals surface area contributed by atoms with E-state index in [2.05, 4.69) is 15.6 Å². The molecule has 0 aliphatic carbocycles. The van der Waals surface area contributed by atoms with Crippen molar-refractivity contribution in [2.75, 3.05) is 18.5 Å². The summed E-state index contributed by atoms with van der Waals surface area (Å²) in [7, 11) is 0. The Kier molecular flexibility index (Phi) is 5.03. The second-order valence-electron chi connectivity index (χ2n) is 6.89. The zero-order chi connectivity index (χ0) is 21.1. The number of amides is 1. The Morgan fingerprint density at radius 1 is 1.07 bits per heavy atom. The van der Waals surface area contributed by atoms with E-state index >= 15 is 0 Å². The van der Waals surface area contributed by atoms with Crippen LogP contribution in [0.2, 0.25) is 0 Å². The molecule has 4 rings (SSSR count). The molecule has 1 aromatic heterocycles. The fraction of sp³-hybridized carbons (Fsp3) is 0.143. The average molecular weight is 406 g/mol.